The highest BCUT2D eigenvalue weighted by Crippen LogP contribution is 2.27. The molecule has 1 aromatic rings. The molecule has 1 aliphatic rings. The van der Waals surface area contributed by atoms with Gasteiger partial charge in [0.25, 0.3) is 0 Å². The summed E-state index contributed by atoms with van der Waals surface area (Å²) in [6, 6.07) is 0.173. The summed E-state index contributed by atoms with van der Waals surface area (Å²) < 4.78 is 0. The largest absolute Gasteiger partial charge is 0.331 e. The molecule has 2 amide bonds. The molecule has 1 aliphatic heterocycles. The van der Waals surface area contributed by atoms with E-state index in [0.29, 0.717) is 24.0 Å². The smallest absolute Gasteiger partial charge is 0.313 e. The van der Waals surface area contributed by atoms with Gasteiger partial charge in [-0.1, -0.05) is 27.2 Å². The number of hydrogen-bond acceptors (Lipinski definition) is 4. The van der Waals surface area contributed by atoms with Crippen molar-refractivity contribution in [3.8, 4) is 0 Å². The van der Waals surface area contributed by atoms with Gasteiger partial charge in [-0.25, -0.2) is 9.97 Å². The van der Waals surface area contributed by atoms with Crippen LogP contribution in [-0.4, -0.2) is 39.3 Å². The van der Waals surface area contributed by atoms with Crippen LogP contribution in [0.1, 0.15) is 52.3 Å². The Morgan fingerprint density at radius 2 is 2.04 bits per heavy atom. The van der Waals surface area contributed by atoms with Crippen molar-refractivity contribution >= 4 is 17.5 Å². The van der Waals surface area contributed by atoms with Crippen molar-refractivity contribution in [3.63, 3.8) is 0 Å². The molecule has 0 saturated carbocycles. The van der Waals surface area contributed by atoms with Crippen LogP contribution in [0, 0.1) is 5.92 Å². The monoisotopic (exact) mass is 318 g/mol. The number of aromatic nitrogens is 2. The maximum absolute atomic E-state index is 12.5. The van der Waals surface area contributed by atoms with Crippen molar-refractivity contribution in [3.05, 3.63) is 18.2 Å². The maximum atomic E-state index is 12.5. The summed E-state index contributed by atoms with van der Waals surface area (Å²) >= 11 is 0. The first kappa shape index (κ1) is 17.4. The van der Waals surface area contributed by atoms with E-state index in [1.54, 1.807) is 4.90 Å². The Bertz CT molecular complexity index is 544. The van der Waals surface area contributed by atoms with E-state index in [-0.39, 0.29) is 6.04 Å². The van der Waals surface area contributed by atoms with Crippen LogP contribution in [0.3, 0.4) is 0 Å². The second kappa shape index (κ2) is 8.04. The summed E-state index contributed by atoms with van der Waals surface area (Å²) in [7, 11) is 0. The van der Waals surface area contributed by atoms with Crippen LogP contribution in [0.4, 0.5) is 5.69 Å². The molecule has 1 aromatic heterocycles. The van der Waals surface area contributed by atoms with Gasteiger partial charge in [-0.05, 0) is 25.2 Å². The second-order valence-electron chi connectivity index (χ2n) is 6.17. The fourth-order valence-corrected chi connectivity index (χ4v) is 3.20. The van der Waals surface area contributed by atoms with Gasteiger partial charge in [-0.2, -0.15) is 0 Å². The average Bonchev–Trinajstić information content (AvgIpc) is 3.04. The molecule has 0 radical (unpaired) electrons. The first-order valence-corrected chi connectivity index (χ1v) is 8.49. The molecule has 1 saturated heterocycles. The molecule has 0 spiro atoms. The normalized spacial score (nSPS) is 18.7. The molecular weight excluding hydrogens is 292 g/mol. The Kier molecular flexibility index (Phi) is 6.07. The Balaban J connectivity index is 1.99. The molecule has 23 heavy (non-hydrogen) atoms. The number of amides is 2. The topological polar surface area (TPSA) is 75.2 Å². The lowest BCUT2D eigenvalue weighted by atomic mass is 9.95. The molecule has 0 unspecified atom stereocenters. The SMILES string of the molecule is CCC[C@@H](C)[C@@H]1CCCN1C(=O)C(=O)Nc1cnc(CC)nc1. The zero-order chi connectivity index (χ0) is 16.8. The third-order valence-corrected chi connectivity index (χ3v) is 4.43. The van der Waals surface area contributed by atoms with E-state index in [2.05, 4.69) is 29.1 Å². The number of likely N-dealkylation sites (tertiary alicyclic amines) is 1. The van der Waals surface area contributed by atoms with Gasteiger partial charge in [0.2, 0.25) is 0 Å². The number of carbonyl (C=O) groups is 2. The van der Waals surface area contributed by atoms with Crippen molar-refractivity contribution < 1.29 is 9.59 Å². The average molecular weight is 318 g/mol. The Morgan fingerprint density at radius 1 is 1.35 bits per heavy atom. The van der Waals surface area contributed by atoms with Gasteiger partial charge >= 0.3 is 11.8 Å². The summed E-state index contributed by atoms with van der Waals surface area (Å²) in [6.45, 7) is 6.93. The van der Waals surface area contributed by atoms with Gasteiger partial charge in [0.1, 0.15) is 5.82 Å². The van der Waals surface area contributed by atoms with Crippen LogP contribution in [0.5, 0.6) is 0 Å². The molecule has 2 heterocycles. The zero-order valence-electron chi connectivity index (χ0n) is 14.2. The van der Waals surface area contributed by atoms with Crippen LogP contribution >= 0.6 is 0 Å². The van der Waals surface area contributed by atoms with Gasteiger partial charge in [0.05, 0.1) is 18.1 Å². The number of hydrogen-bond donors (Lipinski definition) is 1. The van der Waals surface area contributed by atoms with Crippen LogP contribution < -0.4 is 5.32 Å². The molecule has 0 aromatic carbocycles. The highest BCUT2D eigenvalue weighted by molar-refractivity contribution is 6.39. The third-order valence-electron chi connectivity index (χ3n) is 4.43. The minimum Gasteiger partial charge on any atom is -0.331 e. The fourth-order valence-electron chi connectivity index (χ4n) is 3.20. The first-order chi connectivity index (χ1) is 11.1. The molecule has 0 aliphatic carbocycles. The van der Waals surface area contributed by atoms with E-state index in [1.165, 1.54) is 12.4 Å². The quantitative estimate of drug-likeness (QED) is 0.846. The number of nitrogens with zero attached hydrogens (tertiary/aromatic N) is 3. The molecule has 1 fully saturated rings. The highest BCUT2D eigenvalue weighted by atomic mass is 16.2. The number of carbonyl (C=O) groups excluding carboxylic acids is 2. The van der Waals surface area contributed by atoms with Gasteiger partial charge < -0.3 is 10.2 Å². The molecule has 2 atom stereocenters. The van der Waals surface area contributed by atoms with E-state index in [9.17, 15) is 9.59 Å². The molecule has 6 nitrogen and oxygen atoms in total. The predicted molar refractivity (Wildman–Crippen MR) is 88.8 cm³/mol. The van der Waals surface area contributed by atoms with Gasteiger partial charge in [0.15, 0.2) is 0 Å². The minimum atomic E-state index is -0.603. The highest BCUT2D eigenvalue weighted by Gasteiger charge is 2.35. The van der Waals surface area contributed by atoms with Gasteiger partial charge in [-0.3, -0.25) is 9.59 Å². The lowest BCUT2D eigenvalue weighted by molar-refractivity contribution is -0.144. The molecule has 1 N–H and O–H groups in total. The second-order valence-corrected chi connectivity index (χ2v) is 6.17. The van der Waals surface area contributed by atoms with E-state index in [4.69, 9.17) is 0 Å². The van der Waals surface area contributed by atoms with Gasteiger partial charge in [-0.15, -0.1) is 0 Å². The van der Waals surface area contributed by atoms with Crippen LogP contribution in [0.15, 0.2) is 12.4 Å². The number of anilines is 1. The molecule has 2 rings (SSSR count). The van der Waals surface area contributed by atoms with E-state index < -0.39 is 11.8 Å². The van der Waals surface area contributed by atoms with Crippen LogP contribution in [-0.2, 0) is 16.0 Å². The summed E-state index contributed by atoms with van der Waals surface area (Å²) in [5.41, 5.74) is 0.456. The van der Waals surface area contributed by atoms with Crippen molar-refractivity contribution in [2.24, 2.45) is 5.92 Å². The Morgan fingerprint density at radius 3 is 2.65 bits per heavy atom. The van der Waals surface area contributed by atoms with Crippen molar-refractivity contribution in [2.45, 2.75) is 58.9 Å². The lowest BCUT2D eigenvalue weighted by Gasteiger charge is -2.29. The fraction of sp³-hybridized carbons (Fsp3) is 0.647. The summed E-state index contributed by atoms with van der Waals surface area (Å²) in [4.78, 5) is 34.7. The van der Waals surface area contributed by atoms with E-state index in [1.807, 2.05) is 6.92 Å². The van der Waals surface area contributed by atoms with E-state index >= 15 is 0 Å². The Hall–Kier alpha value is -1.98. The summed E-state index contributed by atoms with van der Waals surface area (Å²) in [6.07, 6.45) is 7.92. The molecule has 6 heteroatoms. The summed E-state index contributed by atoms with van der Waals surface area (Å²) in [5, 5.41) is 2.61. The van der Waals surface area contributed by atoms with Gasteiger partial charge in [0, 0.05) is 19.0 Å². The van der Waals surface area contributed by atoms with Crippen molar-refractivity contribution in [1.29, 1.82) is 0 Å². The number of nitrogens with one attached hydrogen (secondary N) is 1. The Labute approximate surface area is 137 Å². The standard InChI is InChI=1S/C17H26N4O2/c1-4-7-12(3)14-8-6-9-21(14)17(23)16(22)20-13-10-18-15(5-2)19-11-13/h10-12,14H,4-9H2,1-3H3,(H,20,22)/t12-,14+/m1/s1. The maximum Gasteiger partial charge on any atom is 0.313 e. The predicted octanol–water partition coefficient (Wildman–Crippen LogP) is 2.40. The summed E-state index contributed by atoms with van der Waals surface area (Å²) in [5.74, 6) is 0.0808. The van der Waals surface area contributed by atoms with Crippen molar-refractivity contribution in [2.75, 3.05) is 11.9 Å². The minimum absolute atomic E-state index is 0.173. The molecule has 0 bridgehead atoms. The number of aryl methyl sites for hydroxylation is 1. The van der Waals surface area contributed by atoms with Crippen LogP contribution in [0.2, 0.25) is 0 Å². The lowest BCUT2D eigenvalue weighted by Crippen LogP contribution is -2.44. The first-order valence-electron chi connectivity index (χ1n) is 8.49. The van der Waals surface area contributed by atoms with Crippen LogP contribution in [0.25, 0.3) is 0 Å². The molecule has 126 valence electrons. The van der Waals surface area contributed by atoms with Crippen molar-refractivity contribution in [1.82, 2.24) is 14.9 Å². The third kappa shape index (κ3) is 4.27. The number of rotatable bonds is 5. The zero-order valence-corrected chi connectivity index (χ0v) is 14.2. The van der Waals surface area contributed by atoms with E-state index in [0.717, 1.165) is 32.1 Å². The molecular formula is C17H26N4O2.